The molecule has 0 spiro atoms. The van der Waals surface area contributed by atoms with E-state index in [1.165, 1.54) is 0 Å². The number of pyridine rings is 1. The van der Waals surface area contributed by atoms with Gasteiger partial charge in [-0.15, -0.1) is 10.2 Å². The second kappa shape index (κ2) is 4.53. The summed E-state index contributed by atoms with van der Waals surface area (Å²) in [6.45, 7) is 2.65. The minimum absolute atomic E-state index is 0.0357. The Balaban J connectivity index is 1.69. The van der Waals surface area contributed by atoms with Gasteiger partial charge in [-0.2, -0.15) is 5.21 Å². The van der Waals surface area contributed by atoms with Crippen LogP contribution in [-0.4, -0.2) is 30.0 Å². The van der Waals surface area contributed by atoms with Crippen LogP contribution in [0.5, 0.6) is 0 Å². The molecule has 0 aliphatic carbocycles. The largest absolute Gasteiger partial charge is 0.307 e. The molecule has 0 bridgehead atoms. The molecule has 0 fully saturated rings. The number of nitrogens with zero attached hydrogens (tertiary/aromatic N) is 5. The van der Waals surface area contributed by atoms with Crippen molar-refractivity contribution < 1.29 is 0 Å². The molecular weight excluding hydrogens is 230 g/mol. The van der Waals surface area contributed by atoms with Crippen molar-refractivity contribution in [2.45, 2.75) is 19.5 Å². The minimum Gasteiger partial charge on any atom is -0.307 e. The smallest absolute Gasteiger partial charge is 0.191 e. The van der Waals surface area contributed by atoms with Crippen LogP contribution in [-0.2, 0) is 6.54 Å². The molecule has 2 N–H and O–H groups in total. The zero-order valence-electron chi connectivity index (χ0n) is 9.91. The second-order valence-electron chi connectivity index (χ2n) is 4.07. The van der Waals surface area contributed by atoms with Gasteiger partial charge in [0.05, 0.1) is 11.7 Å². The van der Waals surface area contributed by atoms with Crippen molar-refractivity contribution >= 4 is 5.65 Å². The molecule has 0 radical (unpaired) electrons. The average Bonchev–Trinajstić information content (AvgIpc) is 3.04. The van der Waals surface area contributed by atoms with Crippen molar-refractivity contribution in [1.82, 2.24) is 35.3 Å². The van der Waals surface area contributed by atoms with E-state index in [1.807, 2.05) is 41.9 Å². The molecule has 0 aromatic carbocycles. The zero-order chi connectivity index (χ0) is 12.4. The zero-order valence-corrected chi connectivity index (χ0v) is 9.91. The molecular formula is C11H13N7. The average molecular weight is 243 g/mol. The van der Waals surface area contributed by atoms with E-state index < -0.39 is 0 Å². The van der Waals surface area contributed by atoms with Gasteiger partial charge in [0.2, 0.25) is 0 Å². The second-order valence-corrected chi connectivity index (χ2v) is 4.07. The van der Waals surface area contributed by atoms with E-state index in [4.69, 9.17) is 0 Å². The fourth-order valence-electron chi connectivity index (χ4n) is 1.77. The van der Waals surface area contributed by atoms with Gasteiger partial charge in [0.1, 0.15) is 5.65 Å². The van der Waals surface area contributed by atoms with Crippen LogP contribution in [0.4, 0.5) is 0 Å². The molecule has 1 atom stereocenters. The molecule has 7 nitrogen and oxygen atoms in total. The topological polar surface area (TPSA) is 83.8 Å². The summed E-state index contributed by atoms with van der Waals surface area (Å²) < 4.78 is 2.00. The predicted molar refractivity (Wildman–Crippen MR) is 64.6 cm³/mol. The van der Waals surface area contributed by atoms with Crippen LogP contribution in [0.1, 0.15) is 24.5 Å². The number of nitrogens with one attached hydrogen (secondary N) is 2. The molecule has 0 saturated carbocycles. The summed E-state index contributed by atoms with van der Waals surface area (Å²) in [6.07, 6.45) is 3.99. The van der Waals surface area contributed by atoms with E-state index in [2.05, 4.69) is 30.9 Å². The van der Waals surface area contributed by atoms with Crippen molar-refractivity contribution in [2.75, 3.05) is 0 Å². The molecule has 1 unspecified atom stereocenters. The van der Waals surface area contributed by atoms with E-state index in [0.717, 1.165) is 11.3 Å². The molecule has 92 valence electrons. The SMILES string of the molecule is CC(NCc1cn2ccccc2n1)c1nn[nH]n1. The molecule has 3 aromatic heterocycles. The van der Waals surface area contributed by atoms with Gasteiger partial charge in [-0.25, -0.2) is 4.98 Å². The van der Waals surface area contributed by atoms with Gasteiger partial charge < -0.3 is 9.72 Å². The first-order valence-electron chi connectivity index (χ1n) is 5.72. The first kappa shape index (κ1) is 10.8. The Hall–Kier alpha value is -2.28. The highest BCUT2D eigenvalue weighted by Gasteiger charge is 2.10. The maximum atomic E-state index is 4.50. The van der Waals surface area contributed by atoms with Gasteiger partial charge in [0.15, 0.2) is 5.82 Å². The number of imidazole rings is 1. The summed E-state index contributed by atoms with van der Waals surface area (Å²) >= 11 is 0. The number of aromatic nitrogens is 6. The van der Waals surface area contributed by atoms with E-state index in [1.54, 1.807) is 0 Å². The van der Waals surface area contributed by atoms with E-state index in [0.29, 0.717) is 12.4 Å². The Morgan fingerprint density at radius 3 is 3.17 bits per heavy atom. The van der Waals surface area contributed by atoms with E-state index in [9.17, 15) is 0 Å². The summed E-state index contributed by atoms with van der Waals surface area (Å²) in [7, 11) is 0. The van der Waals surface area contributed by atoms with Gasteiger partial charge in [-0.05, 0) is 19.1 Å². The summed E-state index contributed by atoms with van der Waals surface area (Å²) in [5, 5.41) is 17.2. The Morgan fingerprint density at radius 1 is 1.44 bits per heavy atom. The van der Waals surface area contributed by atoms with Crippen LogP contribution in [0, 0.1) is 0 Å². The maximum Gasteiger partial charge on any atom is 0.191 e. The van der Waals surface area contributed by atoms with Crippen LogP contribution < -0.4 is 5.32 Å². The van der Waals surface area contributed by atoms with Gasteiger partial charge in [0, 0.05) is 18.9 Å². The molecule has 0 saturated heterocycles. The van der Waals surface area contributed by atoms with Crippen molar-refractivity contribution in [3.8, 4) is 0 Å². The Morgan fingerprint density at radius 2 is 2.39 bits per heavy atom. The fraction of sp³-hybridized carbons (Fsp3) is 0.273. The lowest BCUT2D eigenvalue weighted by Crippen LogP contribution is -2.19. The number of tetrazole rings is 1. The number of H-pyrrole nitrogens is 1. The lowest BCUT2D eigenvalue weighted by molar-refractivity contribution is 0.542. The van der Waals surface area contributed by atoms with Crippen LogP contribution in [0.15, 0.2) is 30.6 Å². The van der Waals surface area contributed by atoms with Gasteiger partial charge in [0.25, 0.3) is 0 Å². The lowest BCUT2D eigenvalue weighted by atomic mass is 10.3. The van der Waals surface area contributed by atoms with Crippen molar-refractivity contribution in [1.29, 1.82) is 0 Å². The van der Waals surface area contributed by atoms with E-state index >= 15 is 0 Å². The van der Waals surface area contributed by atoms with E-state index in [-0.39, 0.29) is 6.04 Å². The third kappa shape index (κ3) is 2.07. The third-order valence-corrected chi connectivity index (χ3v) is 2.75. The monoisotopic (exact) mass is 243 g/mol. The maximum absolute atomic E-state index is 4.50. The van der Waals surface area contributed by atoms with Crippen molar-refractivity contribution in [3.05, 3.63) is 42.1 Å². The number of aromatic amines is 1. The van der Waals surface area contributed by atoms with Crippen LogP contribution in [0.3, 0.4) is 0 Å². The summed E-state index contributed by atoms with van der Waals surface area (Å²) in [6, 6.07) is 5.97. The van der Waals surface area contributed by atoms with Crippen molar-refractivity contribution in [2.24, 2.45) is 0 Å². The summed E-state index contributed by atoms with van der Waals surface area (Å²) in [4.78, 5) is 4.50. The van der Waals surface area contributed by atoms with Crippen LogP contribution in [0.25, 0.3) is 5.65 Å². The first-order valence-corrected chi connectivity index (χ1v) is 5.72. The summed E-state index contributed by atoms with van der Waals surface area (Å²) in [5.74, 6) is 0.652. The molecule has 0 aliphatic heterocycles. The molecule has 0 amide bonds. The number of rotatable bonds is 4. The van der Waals surface area contributed by atoms with Gasteiger partial charge in [-0.1, -0.05) is 11.3 Å². The predicted octanol–water partition coefficient (Wildman–Crippen LogP) is 0.698. The number of hydrogen-bond donors (Lipinski definition) is 2. The molecule has 3 heterocycles. The molecule has 7 heteroatoms. The third-order valence-electron chi connectivity index (χ3n) is 2.75. The highest BCUT2D eigenvalue weighted by Crippen LogP contribution is 2.07. The normalized spacial score (nSPS) is 12.9. The van der Waals surface area contributed by atoms with Crippen LogP contribution in [0.2, 0.25) is 0 Å². The first-order chi connectivity index (χ1) is 8.83. The molecule has 3 aromatic rings. The fourth-order valence-corrected chi connectivity index (χ4v) is 1.77. The number of hydrogen-bond acceptors (Lipinski definition) is 5. The van der Waals surface area contributed by atoms with Gasteiger partial charge >= 0.3 is 0 Å². The Bertz CT molecular complexity index is 595. The molecule has 18 heavy (non-hydrogen) atoms. The van der Waals surface area contributed by atoms with Gasteiger partial charge in [-0.3, -0.25) is 0 Å². The van der Waals surface area contributed by atoms with Crippen molar-refractivity contribution in [3.63, 3.8) is 0 Å². The highest BCUT2D eigenvalue weighted by molar-refractivity contribution is 5.39. The highest BCUT2D eigenvalue weighted by atomic mass is 15.5. The quantitative estimate of drug-likeness (QED) is 0.704. The Kier molecular flexibility index (Phi) is 2.73. The Labute approximate surface area is 103 Å². The molecule has 0 aliphatic rings. The summed E-state index contributed by atoms with van der Waals surface area (Å²) in [5.41, 5.74) is 1.93. The minimum atomic E-state index is 0.0357. The number of fused-ring (bicyclic) bond motifs is 1. The molecule has 3 rings (SSSR count). The van der Waals surface area contributed by atoms with Crippen LogP contribution >= 0.6 is 0 Å². The lowest BCUT2D eigenvalue weighted by Gasteiger charge is -2.07. The standard InChI is InChI=1S/C11H13N7/c1-8(11-14-16-17-15-11)12-6-9-7-18-5-3-2-4-10(18)13-9/h2-5,7-8,12H,6H2,1H3,(H,14,15,16,17).